The van der Waals surface area contributed by atoms with Gasteiger partial charge in [-0.15, -0.1) is 12.4 Å². The quantitative estimate of drug-likeness (QED) is 0.753. The van der Waals surface area contributed by atoms with Gasteiger partial charge in [0.15, 0.2) is 0 Å². The zero-order valence-corrected chi connectivity index (χ0v) is 14.2. The fourth-order valence-corrected chi connectivity index (χ4v) is 2.54. The number of aliphatic hydroxyl groups excluding tert-OH is 1. The Labute approximate surface area is 142 Å². The Morgan fingerprint density at radius 1 is 1.26 bits per heavy atom. The molecule has 0 bridgehead atoms. The van der Waals surface area contributed by atoms with Crippen molar-refractivity contribution in [3.05, 3.63) is 29.8 Å². The van der Waals surface area contributed by atoms with E-state index in [9.17, 15) is 14.7 Å². The molecule has 1 heterocycles. The molecule has 6 nitrogen and oxygen atoms in total. The molecule has 3 N–H and O–H groups in total. The molecule has 0 aromatic heterocycles. The van der Waals surface area contributed by atoms with Crippen LogP contribution in [0.2, 0.25) is 0 Å². The minimum absolute atomic E-state index is 0. The lowest BCUT2D eigenvalue weighted by molar-refractivity contribution is -0.117. The number of rotatable bonds is 5. The molecule has 0 radical (unpaired) electrons. The predicted octanol–water partition coefficient (Wildman–Crippen LogP) is 1.25. The fraction of sp³-hybridized carbons (Fsp3) is 0.500. The number of benzene rings is 1. The molecule has 2 unspecified atom stereocenters. The Morgan fingerprint density at radius 3 is 2.35 bits per heavy atom. The van der Waals surface area contributed by atoms with Crippen molar-refractivity contribution >= 4 is 29.9 Å². The smallest absolute Gasteiger partial charge is 0.253 e. The first kappa shape index (κ1) is 19.4. The lowest BCUT2D eigenvalue weighted by Crippen LogP contribution is -2.35. The summed E-state index contributed by atoms with van der Waals surface area (Å²) in [6, 6.07) is 6.51. The number of hydrogen-bond donors (Lipinski definition) is 3. The first-order chi connectivity index (χ1) is 10.5. The first-order valence-corrected chi connectivity index (χ1v) is 7.66. The summed E-state index contributed by atoms with van der Waals surface area (Å²) in [6.45, 7) is 5.67. The van der Waals surface area contributed by atoms with Crippen LogP contribution in [0.25, 0.3) is 0 Å². The van der Waals surface area contributed by atoms with Crippen LogP contribution in [-0.2, 0) is 4.79 Å². The fourth-order valence-electron chi connectivity index (χ4n) is 2.54. The zero-order chi connectivity index (χ0) is 16.1. The van der Waals surface area contributed by atoms with Gasteiger partial charge in [-0.2, -0.15) is 0 Å². The van der Waals surface area contributed by atoms with Crippen LogP contribution in [0, 0.1) is 0 Å². The molecule has 23 heavy (non-hydrogen) atoms. The van der Waals surface area contributed by atoms with Crippen LogP contribution >= 0.6 is 12.4 Å². The molecule has 1 aromatic rings. The number of halogens is 1. The van der Waals surface area contributed by atoms with Gasteiger partial charge in [-0.25, -0.2) is 0 Å². The van der Waals surface area contributed by atoms with Crippen molar-refractivity contribution in [2.45, 2.75) is 32.4 Å². The second kappa shape index (κ2) is 8.86. The molecule has 2 amide bonds. The van der Waals surface area contributed by atoms with E-state index in [-0.39, 0.29) is 30.3 Å². The number of amides is 2. The van der Waals surface area contributed by atoms with Crippen molar-refractivity contribution in [3.63, 3.8) is 0 Å². The highest BCUT2D eigenvalue weighted by molar-refractivity contribution is 5.97. The highest BCUT2D eigenvalue weighted by Gasteiger charge is 2.27. The first-order valence-electron chi connectivity index (χ1n) is 7.66. The lowest BCUT2D eigenvalue weighted by Gasteiger charge is -2.18. The maximum Gasteiger partial charge on any atom is 0.253 e. The number of nitrogens with one attached hydrogen (secondary N) is 2. The van der Waals surface area contributed by atoms with Crippen LogP contribution in [0.4, 0.5) is 5.69 Å². The molecule has 2 rings (SSSR count). The number of carbonyl (C=O) groups is 2. The van der Waals surface area contributed by atoms with Crippen molar-refractivity contribution in [2.24, 2.45) is 0 Å². The van der Waals surface area contributed by atoms with Crippen molar-refractivity contribution in [1.29, 1.82) is 0 Å². The third kappa shape index (κ3) is 4.92. The average molecular weight is 342 g/mol. The van der Waals surface area contributed by atoms with Gasteiger partial charge in [-0.1, -0.05) is 0 Å². The zero-order valence-electron chi connectivity index (χ0n) is 13.4. The van der Waals surface area contributed by atoms with Crippen molar-refractivity contribution < 1.29 is 14.7 Å². The molecule has 1 aliphatic heterocycles. The van der Waals surface area contributed by atoms with Crippen LogP contribution in [0.15, 0.2) is 24.3 Å². The van der Waals surface area contributed by atoms with Crippen LogP contribution in [-0.4, -0.2) is 53.6 Å². The topological polar surface area (TPSA) is 81.7 Å². The summed E-state index contributed by atoms with van der Waals surface area (Å²) in [5.74, 6) is -0.178. The Kier molecular flexibility index (Phi) is 7.48. The summed E-state index contributed by atoms with van der Waals surface area (Å²) < 4.78 is 0. The van der Waals surface area contributed by atoms with Gasteiger partial charge in [0, 0.05) is 30.9 Å². The van der Waals surface area contributed by atoms with Gasteiger partial charge < -0.3 is 20.6 Å². The predicted molar refractivity (Wildman–Crippen MR) is 92.0 cm³/mol. The molecule has 1 aliphatic rings. The maximum absolute atomic E-state index is 12.2. The van der Waals surface area contributed by atoms with E-state index >= 15 is 0 Å². The van der Waals surface area contributed by atoms with Gasteiger partial charge in [-0.3, -0.25) is 9.59 Å². The van der Waals surface area contributed by atoms with Crippen LogP contribution in [0.3, 0.4) is 0 Å². The molecular weight excluding hydrogens is 318 g/mol. The Balaban J connectivity index is 0.00000264. The SMILES string of the molecule is CCN(CC)C(=O)c1ccc(NC(=O)C2CC(O)CN2)cc1.Cl. The minimum atomic E-state index is -0.468. The third-order valence-electron chi connectivity index (χ3n) is 3.87. The monoisotopic (exact) mass is 341 g/mol. The van der Waals surface area contributed by atoms with Gasteiger partial charge >= 0.3 is 0 Å². The molecule has 0 aliphatic carbocycles. The molecule has 0 spiro atoms. The number of anilines is 1. The summed E-state index contributed by atoms with van der Waals surface area (Å²) in [4.78, 5) is 26.0. The van der Waals surface area contributed by atoms with Crippen molar-refractivity contribution in [1.82, 2.24) is 10.2 Å². The van der Waals surface area contributed by atoms with Gasteiger partial charge in [0.2, 0.25) is 5.91 Å². The standard InChI is InChI=1S/C16H23N3O3.ClH/c1-3-19(4-2)16(22)11-5-7-12(8-6-11)18-15(21)14-9-13(20)10-17-14;/h5-8,13-14,17,20H,3-4,9-10H2,1-2H3,(H,18,21);1H. The molecule has 1 saturated heterocycles. The van der Waals surface area contributed by atoms with E-state index in [0.29, 0.717) is 37.3 Å². The third-order valence-corrected chi connectivity index (χ3v) is 3.87. The maximum atomic E-state index is 12.2. The van der Waals surface area contributed by atoms with E-state index in [0.717, 1.165) is 0 Å². The molecule has 7 heteroatoms. The largest absolute Gasteiger partial charge is 0.392 e. The normalized spacial score (nSPS) is 19.8. The number of β-amino-alcohol motifs (C(OH)–C–C–N with tert-alkyl or cyclic N) is 1. The second-order valence-electron chi connectivity index (χ2n) is 5.39. The number of nitrogens with zero attached hydrogens (tertiary/aromatic N) is 1. The lowest BCUT2D eigenvalue weighted by atomic mass is 10.1. The Morgan fingerprint density at radius 2 is 1.87 bits per heavy atom. The van der Waals surface area contributed by atoms with E-state index in [4.69, 9.17) is 0 Å². The van der Waals surface area contributed by atoms with Crippen molar-refractivity contribution in [3.8, 4) is 0 Å². The average Bonchev–Trinajstić information content (AvgIpc) is 2.96. The Hall–Kier alpha value is -1.63. The second-order valence-corrected chi connectivity index (χ2v) is 5.39. The molecule has 128 valence electrons. The minimum Gasteiger partial charge on any atom is -0.392 e. The van der Waals surface area contributed by atoms with Crippen LogP contribution < -0.4 is 10.6 Å². The van der Waals surface area contributed by atoms with E-state index in [2.05, 4.69) is 10.6 Å². The highest BCUT2D eigenvalue weighted by atomic mass is 35.5. The molecule has 1 aromatic carbocycles. The summed E-state index contributed by atoms with van der Waals surface area (Å²) in [5.41, 5.74) is 1.25. The summed E-state index contributed by atoms with van der Waals surface area (Å²) >= 11 is 0. The number of aliphatic hydroxyl groups is 1. The molecule has 1 fully saturated rings. The Bertz CT molecular complexity index is 532. The van der Waals surface area contributed by atoms with Crippen LogP contribution in [0.5, 0.6) is 0 Å². The molecular formula is C16H24ClN3O3. The number of hydrogen-bond acceptors (Lipinski definition) is 4. The van der Waals surface area contributed by atoms with E-state index < -0.39 is 6.10 Å². The number of carbonyl (C=O) groups excluding carboxylic acids is 2. The van der Waals surface area contributed by atoms with E-state index in [1.165, 1.54) is 0 Å². The van der Waals surface area contributed by atoms with E-state index in [1.54, 1.807) is 29.2 Å². The van der Waals surface area contributed by atoms with Gasteiger partial charge in [0.1, 0.15) is 0 Å². The van der Waals surface area contributed by atoms with Gasteiger partial charge in [-0.05, 0) is 44.5 Å². The van der Waals surface area contributed by atoms with Crippen molar-refractivity contribution in [2.75, 3.05) is 25.0 Å². The summed E-state index contributed by atoms with van der Waals surface area (Å²) in [6.07, 6.45) is -0.0468. The highest BCUT2D eigenvalue weighted by Crippen LogP contribution is 2.14. The summed E-state index contributed by atoms with van der Waals surface area (Å²) in [5, 5.41) is 15.2. The summed E-state index contributed by atoms with van der Waals surface area (Å²) in [7, 11) is 0. The van der Waals surface area contributed by atoms with Gasteiger partial charge in [0.25, 0.3) is 5.91 Å². The van der Waals surface area contributed by atoms with E-state index in [1.807, 2.05) is 13.8 Å². The molecule has 0 saturated carbocycles. The van der Waals surface area contributed by atoms with Gasteiger partial charge in [0.05, 0.1) is 12.1 Å². The molecule has 2 atom stereocenters. The van der Waals surface area contributed by atoms with Crippen LogP contribution in [0.1, 0.15) is 30.6 Å².